The van der Waals surface area contributed by atoms with Crippen molar-refractivity contribution >= 4 is 21.4 Å². The van der Waals surface area contributed by atoms with E-state index in [0.29, 0.717) is 35.3 Å². The third kappa shape index (κ3) is 4.54. The molecule has 22 heavy (non-hydrogen) atoms. The second-order valence-corrected chi connectivity index (χ2v) is 7.86. The third-order valence-corrected chi connectivity index (χ3v) is 4.83. The van der Waals surface area contributed by atoms with E-state index in [4.69, 9.17) is 0 Å². The number of alkyl halides is 3. The predicted molar refractivity (Wildman–Crippen MR) is 76.2 cm³/mol. The average molecular weight is 359 g/mol. The second-order valence-electron chi connectivity index (χ2n) is 5.26. The van der Waals surface area contributed by atoms with Gasteiger partial charge in [0.25, 0.3) is 0 Å². The van der Waals surface area contributed by atoms with E-state index in [-0.39, 0.29) is 19.3 Å². The lowest BCUT2D eigenvalue weighted by molar-refractivity contribution is -0.144. The summed E-state index contributed by atoms with van der Waals surface area (Å²) in [6, 6.07) is -0.354. The summed E-state index contributed by atoms with van der Waals surface area (Å²) in [5.74, 6) is 0. The maximum absolute atomic E-state index is 12.9. The first-order valence-electron chi connectivity index (χ1n) is 6.51. The first-order valence-corrected chi connectivity index (χ1v) is 9.28. The largest absolute Gasteiger partial charge is 0.432 e. The van der Waals surface area contributed by atoms with Crippen molar-refractivity contribution in [3.63, 3.8) is 0 Å². The number of aromatic nitrogens is 1. The van der Waals surface area contributed by atoms with Gasteiger partial charge in [0.05, 0.1) is 12.9 Å². The Morgan fingerprint density at radius 1 is 1.45 bits per heavy atom. The molecule has 0 unspecified atom stereocenters. The van der Waals surface area contributed by atoms with Crippen molar-refractivity contribution in [2.45, 2.75) is 31.7 Å². The van der Waals surface area contributed by atoms with E-state index in [1.165, 1.54) is 0 Å². The summed E-state index contributed by atoms with van der Waals surface area (Å²) < 4.78 is 64.2. The molecular weight excluding hydrogens is 343 g/mol. The van der Waals surface area contributed by atoms with Gasteiger partial charge in [-0.1, -0.05) is 11.3 Å². The van der Waals surface area contributed by atoms with Gasteiger partial charge in [0.2, 0.25) is 10.0 Å². The van der Waals surface area contributed by atoms with Crippen molar-refractivity contribution in [2.75, 3.05) is 19.3 Å². The quantitative estimate of drug-likeness (QED) is 0.867. The van der Waals surface area contributed by atoms with Gasteiger partial charge in [-0.3, -0.25) is 14.3 Å². The Morgan fingerprint density at radius 2 is 2.14 bits per heavy atom. The molecule has 0 spiro atoms. The van der Waals surface area contributed by atoms with E-state index in [1.54, 1.807) is 4.90 Å². The Kier molecular flexibility index (Phi) is 5.00. The summed E-state index contributed by atoms with van der Waals surface area (Å²) in [5.41, 5.74) is -0.972. The van der Waals surface area contributed by atoms with Crippen molar-refractivity contribution in [2.24, 2.45) is 0 Å². The SMILES string of the molecule is CS(=O)(=O)N[C@@H]1CCCN(Cn2c(C(F)(F)F)csc2=O)C1. The minimum absolute atomic E-state index is 0.195. The maximum atomic E-state index is 12.9. The molecule has 1 fully saturated rings. The fourth-order valence-electron chi connectivity index (χ4n) is 2.47. The first kappa shape index (κ1) is 17.4. The Balaban J connectivity index is 2.11. The van der Waals surface area contributed by atoms with Crippen LogP contribution in [-0.2, 0) is 22.9 Å². The number of likely N-dealkylation sites (tertiary alicyclic amines) is 1. The molecule has 0 amide bonds. The molecule has 2 rings (SSSR count). The van der Waals surface area contributed by atoms with Crippen LogP contribution in [0.4, 0.5) is 13.2 Å². The molecule has 0 saturated carbocycles. The molecule has 11 heteroatoms. The number of nitrogens with one attached hydrogen (secondary N) is 1. The van der Waals surface area contributed by atoms with Gasteiger partial charge in [-0.2, -0.15) is 13.2 Å². The van der Waals surface area contributed by atoms with E-state index in [1.807, 2.05) is 0 Å². The molecule has 1 aromatic rings. The van der Waals surface area contributed by atoms with Crippen molar-refractivity contribution in [1.82, 2.24) is 14.2 Å². The van der Waals surface area contributed by atoms with Crippen LogP contribution in [0, 0.1) is 0 Å². The number of hydrogen-bond donors (Lipinski definition) is 1. The van der Waals surface area contributed by atoms with Crippen molar-refractivity contribution in [3.05, 3.63) is 20.7 Å². The standard InChI is InChI=1S/C11H16F3N3O3S2/c1-22(19,20)15-8-3-2-4-16(5-8)7-17-9(11(12,13)14)6-21-10(17)18/h6,8,15H,2-5,7H2,1H3/t8-/m1/s1. The topological polar surface area (TPSA) is 71.4 Å². The van der Waals surface area contributed by atoms with Crippen molar-refractivity contribution < 1.29 is 21.6 Å². The van der Waals surface area contributed by atoms with Crippen LogP contribution in [0.3, 0.4) is 0 Å². The van der Waals surface area contributed by atoms with Gasteiger partial charge in [-0.05, 0) is 19.4 Å². The first-order chi connectivity index (χ1) is 10.1. The summed E-state index contributed by atoms with van der Waals surface area (Å²) >= 11 is 0.507. The molecule has 1 atom stereocenters. The molecule has 1 saturated heterocycles. The van der Waals surface area contributed by atoms with E-state index in [0.717, 1.165) is 11.6 Å². The zero-order chi connectivity index (χ0) is 16.5. The Hall–Kier alpha value is -0.910. The molecule has 0 bridgehead atoms. The molecule has 0 radical (unpaired) electrons. The molecule has 0 aromatic carbocycles. The molecule has 0 aliphatic carbocycles. The molecule has 6 nitrogen and oxygen atoms in total. The Labute approximate surface area is 129 Å². The predicted octanol–water partition coefficient (Wildman–Crippen LogP) is 0.900. The third-order valence-electron chi connectivity index (χ3n) is 3.30. The molecule has 126 valence electrons. The maximum Gasteiger partial charge on any atom is 0.432 e. The van der Waals surface area contributed by atoms with Crippen molar-refractivity contribution in [1.29, 1.82) is 0 Å². The lowest BCUT2D eigenvalue weighted by atomic mass is 10.1. The highest BCUT2D eigenvalue weighted by molar-refractivity contribution is 7.88. The fourth-order valence-corrected chi connectivity index (χ4v) is 4.02. The van der Waals surface area contributed by atoms with Gasteiger partial charge in [-0.15, -0.1) is 0 Å². The number of piperidine rings is 1. The minimum Gasteiger partial charge on any atom is -0.284 e. The number of nitrogens with zero attached hydrogens (tertiary/aromatic N) is 2. The van der Waals surface area contributed by atoms with E-state index in [9.17, 15) is 26.4 Å². The summed E-state index contributed by atoms with van der Waals surface area (Å²) in [5, 5.41) is 0.804. The van der Waals surface area contributed by atoms with Crippen LogP contribution >= 0.6 is 11.3 Å². The molecule has 2 heterocycles. The highest BCUT2D eigenvalue weighted by Gasteiger charge is 2.36. The summed E-state index contributed by atoms with van der Waals surface area (Å²) in [4.78, 5) is 12.6. The van der Waals surface area contributed by atoms with E-state index < -0.39 is 26.8 Å². The van der Waals surface area contributed by atoms with Crippen LogP contribution in [0.1, 0.15) is 18.5 Å². The van der Waals surface area contributed by atoms with Gasteiger partial charge < -0.3 is 0 Å². The van der Waals surface area contributed by atoms with Gasteiger partial charge in [0.15, 0.2) is 0 Å². The number of rotatable bonds is 4. The fraction of sp³-hybridized carbons (Fsp3) is 0.727. The zero-order valence-electron chi connectivity index (χ0n) is 11.8. The van der Waals surface area contributed by atoms with Crippen LogP contribution in [0.5, 0.6) is 0 Å². The van der Waals surface area contributed by atoms with Gasteiger partial charge >= 0.3 is 11.0 Å². The van der Waals surface area contributed by atoms with Crippen LogP contribution in [0.25, 0.3) is 0 Å². The normalized spacial score (nSPS) is 21.2. The monoisotopic (exact) mass is 359 g/mol. The summed E-state index contributed by atoms with van der Waals surface area (Å²) in [6.07, 6.45) is -2.28. The molecule has 1 aliphatic heterocycles. The Bertz CT molecular complexity index is 681. The molecule has 1 aromatic heterocycles. The zero-order valence-corrected chi connectivity index (χ0v) is 13.4. The summed E-state index contributed by atoms with van der Waals surface area (Å²) in [7, 11) is -3.37. The molecule has 1 aliphatic rings. The summed E-state index contributed by atoms with van der Waals surface area (Å²) in [6.45, 7) is 0.591. The molecule has 1 N–H and O–H groups in total. The van der Waals surface area contributed by atoms with Crippen LogP contribution < -0.4 is 9.60 Å². The number of sulfonamides is 1. The van der Waals surface area contributed by atoms with Crippen LogP contribution in [0.2, 0.25) is 0 Å². The average Bonchev–Trinajstić information content (AvgIpc) is 2.69. The lowest BCUT2D eigenvalue weighted by Crippen LogP contribution is -2.48. The van der Waals surface area contributed by atoms with E-state index >= 15 is 0 Å². The number of hydrogen-bond acceptors (Lipinski definition) is 5. The highest BCUT2D eigenvalue weighted by atomic mass is 32.2. The highest BCUT2D eigenvalue weighted by Crippen LogP contribution is 2.29. The van der Waals surface area contributed by atoms with Crippen LogP contribution in [0.15, 0.2) is 10.2 Å². The molecular formula is C11H16F3N3O3S2. The van der Waals surface area contributed by atoms with Gasteiger partial charge in [0, 0.05) is 18.0 Å². The van der Waals surface area contributed by atoms with Gasteiger partial charge in [0.1, 0.15) is 5.69 Å². The second kappa shape index (κ2) is 6.30. The van der Waals surface area contributed by atoms with Gasteiger partial charge in [-0.25, -0.2) is 13.1 Å². The minimum atomic E-state index is -4.58. The lowest BCUT2D eigenvalue weighted by Gasteiger charge is -2.33. The van der Waals surface area contributed by atoms with Crippen molar-refractivity contribution in [3.8, 4) is 0 Å². The number of halogens is 3. The smallest absolute Gasteiger partial charge is 0.284 e. The Morgan fingerprint density at radius 3 is 2.73 bits per heavy atom. The van der Waals surface area contributed by atoms with Crippen LogP contribution in [-0.4, -0.2) is 43.3 Å². The number of thiazole rings is 1. The van der Waals surface area contributed by atoms with E-state index in [2.05, 4.69) is 4.72 Å².